The van der Waals surface area contributed by atoms with Gasteiger partial charge < -0.3 is 24.7 Å². The van der Waals surface area contributed by atoms with Gasteiger partial charge in [-0.3, -0.25) is 4.79 Å². The van der Waals surface area contributed by atoms with Crippen molar-refractivity contribution >= 4 is 28.2 Å². The maximum atomic E-state index is 12.8. The molecule has 2 aromatic carbocycles. The smallest absolute Gasteiger partial charge is 0.253 e. The van der Waals surface area contributed by atoms with E-state index >= 15 is 0 Å². The molecule has 0 bridgehead atoms. The lowest BCUT2D eigenvalue weighted by atomic mass is 10.1. The highest BCUT2D eigenvalue weighted by atomic mass is 32.1. The van der Waals surface area contributed by atoms with Crippen molar-refractivity contribution in [3.63, 3.8) is 0 Å². The zero-order valence-electron chi connectivity index (χ0n) is 17.6. The molecule has 1 saturated heterocycles. The Kier molecular flexibility index (Phi) is 6.84. The van der Waals surface area contributed by atoms with Gasteiger partial charge in [-0.05, 0) is 54.9 Å². The van der Waals surface area contributed by atoms with E-state index in [2.05, 4.69) is 22.4 Å². The lowest BCUT2D eigenvalue weighted by Gasteiger charge is -2.28. The minimum absolute atomic E-state index is 0.110. The average Bonchev–Trinajstić information content (AvgIpc) is 3.31. The number of fused-ring (bicyclic) bond motifs is 1. The standard InChI is InChI=1S/C24H27N3O3S/c1-29-20-9-10-22-18(13-20)12-19(23(28)26-22)15-27(16-21-8-5-11-30-21)24(31)25-14-17-6-3-2-4-7-17/h2-4,6-7,9-10,12-13,21H,5,8,11,14-16H2,1H3,(H,25,31)(H,26,28)/t21-/m1/s1. The molecule has 0 radical (unpaired) electrons. The summed E-state index contributed by atoms with van der Waals surface area (Å²) in [5.41, 5.74) is 2.48. The molecule has 2 heterocycles. The van der Waals surface area contributed by atoms with Gasteiger partial charge in [0.15, 0.2) is 5.11 Å². The van der Waals surface area contributed by atoms with Gasteiger partial charge in [-0.2, -0.15) is 0 Å². The van der Waals surface area contributed by atoms with E-state index < -0.39 is 0 Å². The van der Waals surface area contributed by atoms with Gasteiger partial charge in [-0.25, -0.2) is 0 Å². The number of H-pyrrole nitrogens is 1. The van der Waals surface area contributed by atoms with Gasteiger partial charge in [0, 0.05) is 36.2 Å². The van der Waals surface area contributed by atoms with Crippen LogP contribution in [0.5, 0.6) is 5.75 Å². The normalized spacial score (nSPS) is 15.7. The van der Waals surface area contributed by atoms with Crippen LogP contribution in [0.1, 0.15) is 24.0 Å². The van der Waals surface area contributed by atoms with Gasteiger partial charge in [-0.15, -0.1) is 0 Å². The van der Waals surface area contributed by atoms with Gasteiger partial charge >= 0.3 is 0 Å². The van der Waals surface area contributed by atoms with Crippen LogP contribution < -0.4 is 15.6 Å². The molecule has 7 heteroatoms. The Bertz CT molecular complexity index is 1090. The van der Waals surface area contributed by atoms with Crippen LogP contribution in [0.4, 0.5) is 0 Å². The van der Waals surface area contributed by atoms with Crippen LogP contribution in [0.2, 0.25) is 0 Å². The monoisotopic (exact) mass is 437 g/mol. The lowest BCUT2D eigenvalue weighted by molar-refractivity contribution is 0.0896. The minimum atomic E-state index is -0.110. The fourth-order valence-corrected chi connectivity index (χ4v) is 4.03. The number of pyridine rings is 1. The Morgan fingerprint density at radius 2 is 2.10 bits per heavy atom. The zero-order valence-corrected chi connectivity index (χ0v) is 18.4. The van der Waals surface area contributed by atoms with Crippen LogP contribution in [-0.2, 0) is 17.8 Å². The Hall–Kier alpha value is -2.90. The highest BCUT2D eigenvalue weighted by Crippen LogP contribution is 2.20. The summed E-state index contributed by atoms with van der Waals surface area (Å²) in [6.45, 7) is 2.46. The van der Waals surface area contributed by atoms with Crippen LogP contribution in [0.15, 0.2) is 59.4 Å². The number of hydrogen-bond acceptors (Lipinski definition) is 4. The summed E-state index contributed by atoms with van der Waals surface area (Å²) < 4.78 is 11.2. The molecule has 162 valence electrons. The molecule has 4 rings (SSSR count). The fraction of sp³-hybridized carbons (Fsp3) is 0.333. The zero-order chi connectivity index (χ0) is 21.6. The highest BCUT2D eigenvalue weighted by Gasteiger charge is 2.22. The van der Waals surface area contributed by atoms with Gasteiger partial charge in [-0.1, -0.05) is 30.3 Å². The number of aromatic nitrogens is 1. The van der Waals surface area contributed by atoms with E-state index in [0.29, 0.717) is 30.3 Å². The van der Waals surface area contributed by atoms with Gasteiger partial charge in [0.2, 0.25) is 0 Å². The number of ether oxygens (including phenoxy) is 2. The number of thiocarbonyl (C=S) groups is 1. The first-order valence-electron chi connectivity index (χ1n) is 10.5. The van der Waals surface area contributed by atoms with E-state index in [1.54, 1.807) is 7.11 Å². The highest BCUT2D eigenvalue weighted by molar-refractivity contribution is 7.80. The van der Waals surface area contributed by atoms with E-state index in [1.165, 1.54) is 0 Å². The third-order valence-electron chi connectivity index (χ3n) is 5.51. The summed E-state index contributed by atoms with van der Waals surface area (Å²) in [5, 5.41) is 4.88. The molecule has 0 unspecified atom stereocenters. The summed E-state index contributed by atoms with van der Waals surface area (Å²) in [6.07, 6.45) is 2.18. The molecule has 1 aromatic heterocycles. The van der Waals surface area contributed by atoms with Crippen molar-refractivity contribution in [2.75, 3.05) is 20.3 Å². The van der Waals surface area contributed by atoms with E-state index in [4.69, 9.17) is 21.7 Å². The number of methoxy groups -OCH3 is 1. The van der Waals surface area contributed by atoms with Crippen molar-refractivity contribution < 1.29 is 9.47 Å². The number of nitrogens with zero attached hydrogens (tertiary/aromatic N) is 1. The number of benzene rings is 2. The number of rotatable bonds is 7. The first-order chi connectivity index (χ1) is 15.1. The molecule has 0 aliphatic carbocycles. The maximum Gasteiger partial charge on any atom is 0.253 e. The van der Waals surface area contributed by atoms with Crippen molar-refractivity contribution in [3.8, 4) is 5.75 Å². The summed E-state index contributed by atoms with van der Waals surface area (Å²) in [6, 6.07) is 17.7. The molecule has 1 fully saturated rings. The second kappa shape index (κ2) is 9.94. The number of aromatic amines is 1. The van der Waals surface area contributed by atoms with Crippen molar-refractivity contribution in [2.45, 2.75) is 32.0 Å². The van der Waals surface area contributed by atoms with Gasteiger partial charge in [0.25, 0.3) is 5.56 Å². The Morgan fingerprint density at radius 3 is 2.84 bits per heavy atom. The fourth-order valence-electron chi connectivity index (χ4n) is 3.82. The predicted molar refractivity (Wildman–Crippen MR) is 126 cm³/mol. The number of hydrogen-bond donors (Lipinski definition) is 2. The molecule has 0 saturated carbocycles. The van der Waals surface area contributed by atoms with Gasteiger partial charge in [0.05, 0.1) is 19.8 Å². The Labute approximate surface area is 187 Å². The molecular formula is C24H27N3O3S. The second-order valence-electron chi connectivity index (χ2n) is 7.74. The van der Waals surface area contributed by atoms with E-state index in [0.717, 1.165) is 41.7 Å². The largest absolute Gasteiger partial charge is 0.497 e. The third-order valence-corrected chi connectivity index (χ3v) is 5.91. The maximum absolute atomic E-state index is 12.8. The molecule has 1 aliphatic heterocycles. The molecule has 1 atom stereocenters. The van der Waals surface area contributed by atoms with Crippen LogP contribution in [0, 0.1) is 0 Å². The molecule has 1 aliphatic rings. The van der Waals surface area contributed by atoms with Crippen molar-refractivity contribution in [3.05, 3.63) is 76.1 Å². The molecule has 0 spiro atoms. The summed E-state index contributed by atoms with van der Waals surface area (Å²) in [4.78, 5) is 17.8. The van der Waals surface area contributed by atoms with Crippen LogP contribution in [0.3, 0.4) is 0 Å². The third kappa shape index (κ3) is 5.42. The Morgan fingerprint density at radius 1 is 1.26 bits per heavy atom. The predicted octanol–water partition coefficient (Wildman–Crippen LogP) is 3.59. The topological polar surface area (TPSA) is 66.6 Å². The van der Waals surface area contributed by atoms with Crippen molar-refractivity contribution in [1.29, 1.82) is 0 Å². The molecule has 6 nitrogen and oxygen atoms in total. The first-order valence-corrected chi connectivity index (χ1v) is 10.9. The molecule has 3 aromatic rings. The van der Waals surface area contributed by atoms with Crippen LogP contribution in [-0.4, -0.2) is 41.4 Å². The van der Waals surface area contributed by atoms with Gasteiger partial charge in [0.1, 0.15) is 5.75 Å². The van der Waals surface area contributed by atoms with E-state index in [9.17, 15) is 4.79 Å². The van der Waals surface area contributed by atoms with Crippen LogP contribution in [0.25, 0.3) is 10.9 Å². The number of nitrogens with one attached hydrogen (secondary N) is 2. The molecule has 31 heavy (non-hydrogen) atoms. The van der Waals surface area contributed by atoms with E-state index in [1.807, 2.05) is 47.4 Å². The van der Waals surface area contributed by atoms with Crippen molar-refractivity contribution in [1.82, 2.24) is 15.2 Å². The molecule has 0 amide bonds. The van der Waals surface area contributed by atoms with E-state index in [-0.39, 0.29) is 11.7 Å². The minimum Gasteiger partial charge on any atom is -0.497 e. The second-order valence-corrected chi connectivity index (χ2v) is 8.12. The first kappa shape index (κ1) is 21.3. The SMILES string of the molecule is COc1ccc2[nH]c(=O)c(CN(C[C@H]3CCCO3)C(=S)NCc3ccccc3)cc2c1. The quantitative estimate of drug-likeness (QED) is 0.551. The lowest BCUT2D eigenvalue weighted by Crippen LogP contribution is -2.43. The average molecular weight is 438 g/mol. The summed E-state index contributed by atoms with van der Waals surface area (Å²) >= 11 is 5.71. The molecule has 2 N–H and O–H groups in total. The summed E-state index contributed by atoms with van der Waals surface area (Å²) in [7, 11) is 1.63. The summed E-state index contributed by atoms with van der Waals surface area (Å²) in [5.74, 6) is 0.752. The van der Waals surface area contributed by atoms with Crippen LogP contribution >= 0.6 is 12.2 Å². The molecular weight excluding hydrogens is 410 g/mol. The van der Waals surface area contributed by atoms with Crippen molar-refractivity contribution in [2.24, 2.45) is 0 Å². The Balaban J connectivity index is 1.55.